The van der Waals surface area contributed by atoms with Gasteiger partial charge in [-0.15, -0.1) is 0 Å². The summed E-state index contributed by atoms with van der Waals surface area (Å²) in [5, 5.41) is 7.11. The van der Waals surface area contributed by atoms with E-state index in [1.165, 1.54) is 7.11 Å². The Kier molecular flexibility index (Phi) is 8.10. The number of pyridine rings is 1. The van der Waals surface area contributed by atoms with Crippen LogP contribution in [0.4, 0.5) is 17.1 Å². The Morgan fingerprint density at radius 3 is 2.41 bits per heavy atom. The highest BCUT2D eigenvalue weighted by atomic mass is 32.1. The monoisotopic (exact) mass is 568 g/mol. The van der Waals surface area contributed by atoms with Crippen molar-refractivity contribution in [3.05, 3.63) is 101 Å². The number of methoxy groups -OCH3 is 1. The predicted octanol–water partition coefficient (Wildman–Crippen LogP) is 5.63. The Labute approximate surface area is 247 Å². The van der Waals surface area contributed by atoms with Crippen molar-refractivity contribution < 1.29 is 9.53 Å². The van der Waals surface area contributed by atoms with Crippen molar-refractivity contribution in [1.82, 2.24) is 14.9 Å². The average molecular weight is 569 g/mol. The molecule has 41 heavy (non-hydrogen) atoms. The molecule has 0 bridgehead atoms. The summed E-state index contributed by atoms with van der Waals surface area (Å²) in [7, 11) is 5.59. The molecular formula is C32H36N6O2S. The third-order valence-electron chi connectivity index (χ3n) is 7.55. The van der Waals surface area contributed by atoms with Gasteiger partial charge in [0.25, 0.3) is 0 Å². The summed E-state index contributed by atoms with van der Waals surface area (Å²) < 4.78 is 7.26. The Hall–Kier alpha value is -4.21. The lowest BCUT2D eigenvalue weighted by Crippen LogP contribution is -2.29. The van der Waals surface area contributed by atoms with Gasteiger partial charge in [0.15, 0.2) is 5.11 Å². The van der Waals surface area contributed by atoms with Crippen LogP contribution in [0.3, 0.4) is 0 Å². The maximum atomic E-state index is 12.1. The highest BCUT2D eigenvalue weighted by Crippen LogP contribution is 2.44. The zero-order valence-electron chi connectivity index (χ0n) is 24.3. The number of carbonyl (C=O) groups excluding carboxylic acids is 1. The van der Waals surface area contributed by atoms with Crippen molar-refractivity contribution in [2.45, 2.75) is 32.9 Å². The first-order chi connectivity index (χ1) is 19.7. The van der Waals surface area contributed by atoms with E-state index < -0.39 is 0 Å². The molecule has 4 aromatic rings. The van der Waals surface area contributed by atoms with Gasteiger partial charge in [0.2, 0.25) is 5.91 Å². The highest BCUT2D eigenvalue weighted by molar-refractivity contribution is 7.80. The van der Waals surface area contributed by atoms with Gasteiger partial charge in [0, 0.05) is 61.5 Å². The molecule has 1 aliphatic heterocycles. The molecule has 1 saturated heterocycles. The number of amides is 1. The number of nitrogens with one attached hydrogen (secondary N) is 2. The topological polar surface area (TPSA) is 74.7 Å². The maximum absolute atomic E-state index is 12.1. The van der Waals surface area contributed by atoms with Gasteiger partial charge in [-0.05, 0) is 105 Å². The number of hydrogen-bond donors (Lipinski definition) is 2. The SMILES string of the molecule is COCC(=O)Nc1ccc(N2C(=S)NC(c3ccccn3)C2c2cc(C)n(-c3ccc(N(C)C)cc3)c2C)cc1C. The number of ether oxygens (including phenoxy) is 1. The molecule has 1 fully saturated rings. The lowest BCUT2D eigenvalue weighted by atomic mass is 9.96. The molecule has 3 heterocycles. The number of thiocarbonyl (C=S) groups is 1. The normalized spacial score (nSPS) is 16.5. The fourth-order valence-electron chi connectivity index (χ4n) is 5.59. The first-order valence-corrected chi connectivity index (χ1v) is 14.0. The largest absolute Gasteiger partial charge is 0.378 e. The Morgan fingerprint density at radius 1 is 1.05 bits per heavy atom. The first-order valence-electron chi connectivity index (χ1n) is 13.6. The number of hydrogen-bond acceptors (Lipinski definition) is 5. The second-order valence-electron chi connectivity index (χ2n) is 10.5. The predicted molar refractivity (Wildman–Crippen MR) is 169 cm³/mol. The molecular weight excluding hydrogens is 532 g/mol. The summed E-state index contributed by atoms with van der Waals surface area (Å²) in [4.78, 5) is 21.1. The molecule has 212 valence electrons. The zero-order chi connectivity index (χ0) is 29.3. The standard InChI is InChI=1S/C32H36N6O2S/c1-20-17-25(14-15-27(20)34-29(39)19-40-6)38-31(30(35-32(38)41)28-9-7-8-16-33-28)26-18-21(2)37(22(26)3)24-12-10-23(11-13-24)36(4)5/h7-18,30-31H,19H2,1-6H3,(H,34,39)(H,35,41). The zero-order valence-corrected chi connectivity index (χ0v) is 25.1. The number of carbonyl (C=O) groups is 1. The van der Waals surface area contributed by atoms with E-state index in [9.17, 15) is 4.79 Å². The van der Waals surface area contributed by atoms with Crippen LogP contribution >= 0.6 is 12.2 Å². The minimum atomic E-state index is -0.194. The average Bonchev–Trinajstić information content (AvgIpc) is 3.45. The second kappa shape index (κ2) is 11.7. The molecule has 0 spiro atoms. The van der Waals surface area contributed by atoms with Crippen LogP contribution in [0.5, 0.6) is 0 Å². The van der Waals surface area contributed by atoms with E-state index in [4.69, 9.17) is 21.9 Å². The number of aryl methyl sites for hydroxylation is 2. The van der Waals surface area contributed by atoms with Gasteiger partial charge >= 0.3 is 0 Å². The summed E-state index contributed by atoms with van der Waals surface area (Å²) in [6.45, 7) is 6.28. The van der Waals surface area contributed by atoms with Crippen molar-refractivity contribution in [3.8, 4) is 5.69 Å². The van der Waals surface area contributed by atoms with Crippen molar-refractivity contribution in [1.29, 1.82) is 0 Å². The van der Waals surface area contributed by atoms with Crippen molar-refractivity contribution in [2.24, 2.45) is 0 Å². The third-order valence-corrected chi connectivity index (χ3v) is 7.86. The molecule has 2 atom stereocenters. The molecule has 2 N–H and O–H groups in total. The molecule has 1 amide bonds. The van der Waals surface area contributed by atoms with E-state index in [0.29, 0.717) is 5.11 Å². The molecule has 1 aliphatic rings. The van der Waals surface area contributed by atoms with Gasteiger partial charge in [-0.1, -0.05) is 6.07 Å². The number of benzene rings is 2. The van der Waals surface area contributed by atoms with E-state index >= 15 is 0 Å². The van der Waals surface area contributed by atoms with Crippen LogP contribution in [0.15, 0.2) is 72.9 Å². The summed E-state index contributed by atoms with van der Waals surface area (Å²) >= 11 is 5.96. The fraction of sp³-hybridized carbons (Fsp3) is 0.281. The minimum Gasteiger partial charge on any atom is -0.378 e. The Bertz CT molecular complexity index is 1570. The van der Waals surface area contributed by atoms with Gasteiger partial charge in [-0.25, -0.2) is 0 Å². The van der Waals surface area contributed by atoms with Crippen LogP contribution < -0.4 is 20.4 Å². The van der Waals surface area contributed by atoms with Crippen molar-refractivity contribution in [2.75, 3.05) is 42.9 Å². The molecule has 2 unspecified atom stereocenters. The fourth-order valence-corrected chi connectivity index (χ4v) is 5.93. The van der Waals surface area contributed by atoms with Crippen molar-refractivity contribution >= 4 is 40.3 Å². The first kappa shape index (κ1) is 28.3. The summed E-state index contributed by atoms with van der Waals surface area (Å²) in [6.07, 6.45) is 1.82. The summed E-state index contributed by atoms with van der Waals surface area (Å²) in [5.41, 5.74) is 9.24. The molecule has 9 heteroatoms. The van der Waals surface area contributed by atoms with Crippen molar-refractivity contribution in [3.63, 3.8) is 0 Å². The molecule has 0 saturated carbocycles. The van der Waals surface area contributed by atoms with Crippen LogP contribution in [-0.2, 0) is 9.53 Å². The van der Waals surface area contributed by atoms with Crippen LogP contribution in [0, 0.1) is 20.8 Å². The molecule has 0 aliphatic carbocycles. The molecule has 5 rings (SSSR count). The smallest absolute Gasteiger partial charge is 0.250 e. The third kappa shape index (κ3) is 5.55. The molecule has 2 aromatic heterocycles. The van der Waals surface area contributed by atoms with E-state index in [0.717, 1.165) is 51.0 Å². The van der Waals surface area contributed by atoms with Gasteiger partial charge in [0.05, 0.1) is 17.8 Å². The lowest BCUT2D eigenvalue weighted by molar-refractivity contribution is -0.119. The highest BCUT2D eigenvalue weighted by Gasteiger charge is 2.42. The molecule has 2 aromatic carbocycles. The van der Waals surface area contributed by atoms with Crippen LogP contribution in [0.1, 0.15) is 40.3 Å². The van der Waals surface area contributed by atoms with Gasteiger partial charge in [-0.3, -0.25) is 9.78 Å². The van der Waals surface area contributed by atoms with E-state index in [-0.39, 0.29) is 24.6 Å². The second-order valence-corrected chi connectivity index (χ2v) is 10.9. The summed E-state index contributed by atoms with van der Waals surface area (Å²) in [6, 6.07) is 22.5. The van der Waals surface area contributed by atoms with Gasteiger partial charge in [0.1, 0.15) is 6.61 Å². The molecule has 8 nitrogen and oxygen atoms in total. The minimum absolute atomic E-state index is 0.00262. The van der Waals surface area contributed by atoms with Crippen LogP contribution in [0.2, 0.25) is 0 Å². The van der Waals surface area contributed by atoms with E-state index in [2.05, 4.69) is 75.2 Å². The number of anilines is 3. The van der Waals surface area contributed by atoms with Crippen LogP contribution in [0.25, 0.3) is 5.69 Å². The summed E-state index contributed by atoms with van der Waals surface area (Å²) in [5.74, 6) is -0.194. The maximum Gasteiger partial charge on any atom is 0.250 e. The van der Waals surface area contributed by atoms with Crippen LogP contribution in [-0.4, -0.2) is 48.4 Å². The van der Waals surface area contributed by atoms with Gasteiger partial charge < -0.3 is 29.7 Å². The van der Waals surface area contributed by atoms with E-state index in [1.807, 2.05) is 57.5 Å². The molecule has 0 radical (unpaired) electrons. The number of nitrogens with zero attached hydrogens (tertiary/aromatic N) is 4. The Morgan fingerprint density at radius 2 is 1.78 bits per heavy atom. The number of rotatable bonds is 8. The van der Waals surface area contributed by atoms with Gasteiger partial charge in [-0.2, -0.15) is 0 Å². The lowest BCUT2D eigenvalue weighted by Gasteiger charge is -2.29. The quantitative estimate of drug-likeness (QED) is 0.267. The Balaban J connectivity index is 1.59. The van der Waals surface area contributed by atoms with E-state index in [1.54, 1.807) is 0 Å². The number of aromatic nitrogens is 2.